The Labute approximate surface area is 261 Å². The van der Waals surface area contributed by atoms with Crippen LogP contribution in [0.3, 0.4) is 0 Å². The van der Waals surface area contributed by atoms with E-state index in [1.54, 1.807) is 7.11 Å². The van der Waals surface area contributed by atoms with Crippen LogP contribution in [0.5, 0.6) is 11.5 Å². The monoisotopic (exact) mass is 614 g/mol. The van der Waals surface area contributed by atoms with E-state index in [0.717, 1.165) is 65.9 Å². The fourth-order valence-corrected chi connectivity index (χ4v) is 5.81. The van der Waals surface area contributed by atoms with Gasteiger partial charge in [0, 0.05) is 43.5 Å². The molecule has 0 unspecified atom stereocenters. The Balaban J connectivity index is 0.000000609. The van der Waals surface area contributed by atoms with E-state index in [2.05, 4.69) is 44.8 Å². The minimum atomic E-state index is -1.82. The van der Waals surface area contributed by atoms with Crippen LogP contribution < -0.4 is 9.47 Å². The molecule has 0 atom stereocenters. The van der Waals surface area contributed by atoms with Crippen molar-refractivity contribution in [3.8, 4) is 22.8 Å². The number of hydrogen-bond donors (Lipinski definition) is 2. The van der Waals surface area contributed by atoms with Crippen LogP contribution in [0, 0.1) is 0 Å². The van der Waals surface area contributed by atoms with E-state index in [4.69, 9.17) is 29.3 Å². The number of methoxy groups -OCH3 is 1. The molecule has 2 saturated heterocycles. The Morgan fingerprint density at radius 2 is 1.56 bits per heavy atom. The van der Waals surface area contributed by atoms with Gasteiger partial charge >= 0.3 is 11.9 Å². The number of rotatable bonds is 9. The lowest BCUT2D eigenvalue weighted by Crippen LogP contribution is -2.28. The molecule has 2 aromatic carbocycles. The summed E-state index contributed by atoms with van der Waals surface area (Å²) < 4.78 is 14.0. The number of carboxylic acids is 2. The molecule has 0 radical (unpaired) electrons. The second-order valence-corrected chi connectivity index (χ2v) is 11.1. The molecule has 2 aliphatic heterocycles. The largest absolute Gasteiger partial charge is 0.496 e. The maximum Gasteiger partial charge on any atom is 0.414 e. The third-order valence-corrected chi connectivity index (χ3v) is 8.14. The maximum atomic E-state index is 13.0. The van der Waals surface area contributed by atoms with Gasteiger partial charge in [0.25, 0.3) is 5.91 Å². The van der Waals surface area contributed by atoms with E-state index in [0.29, 0.717) is 24.5 Å². The number of hydrogen-bond acceptors (Lipinski definition) is 7. The predicted molar refractivity (Wildman–Crippen MR) is 169 cm³/mol. The van der Waals surface area contributed by atoms with Gasteiger partial charge in [-0.05, 0) is 98.4 Å². The topological polar surface area (TPSA) is 134 Å². The number of benzene rings is 2. The van der Waals surface area contributed by atoms with Crippen molar-refractivity contribution < 1.29 is 34.1 Å². The highest BCUT2D eigenvalue weighted by Gasteiger charge is 2.23. The first-order valence-corrected chi connectivity index (χ1v) is 15.2. The molecule has 2 aliphatic rings. The Bertz CT molecular complexity index is 1630. The van der Waals surface area contributed by atoms with E-state index in [1.807, 2.05) is 41.6 Å². The van der Waals surface area contributed by atoms with Crippen molar-refractivity contribution in [1.82, 2.24) is 19.4 Å². The molecule has 4 heterocycles. The SMILES string of the molecule is COc1cc(Cn2c(-c3ccc(OCCN4CCCC4)cc3)cc3ccncc32)ccc1C(=O)N1CCCC1.O=C(O)C(=O)O. The number of nitrogens with zero attached hydrogens (tertiary/aromatic N) is 4. The van der Waals surface area contributed by atoms with Gasteiger partial charge in [0.15, 0.2) is 0 Å². The van der Waals surface area contributed by atoms with Crippen molar-refractivity contribution in [2.24, 2.45) is 0 Å². The zero-order valence-corrected chi connectivity index (χ0v) is 25.4. The molecule has 0 saturated carbocycles. The zero-order valence-electron chi connectivity index (χ0n) is 25.4. The summed E-state index contributed by atoms with van der Waals surface area (Å²) in [6, 6.07) is 18.6. The van der Waals surface area contributed by atoms with Crippen molar-refractivity contribution in [2.45, 2.75) is 32.2 Å². The van der Waals surface area contributed by atoms with Gasteiger partial charge in [0.05, 0.1) is 24.4 Å². The molecule has 6 rings (SSSR count). The Hall–Kier alpha value is -4.90. The van der Waals surface area contributed by atoms with Gasteiger partial charge in [-0.25, -0.2) is 9.59 Å². The zero-order chi connectivity index (χ0) is 31.8. The number of carbonyl (C=O) groups excluding carboxylic acids is 1. The number of amides is 1. The molecular weight excluding hydrogens is 576 g/mol. The highest BCUT2D eigenvalue weighted by Crippen LogP contribution is 2.31. The fourth-order valence-electron chi connectivity index (χ4n) is 5.81. The first kappa shape index (κ1) is 31.5. The first-order valence-electron chi connectivity index (χ1n) is 15.2. The van der Waals surface area contributed by atoms with E-state index >= 15 is 0 Å². The molecule has 0 bridgehead atoms. The van der Waals surface area contributed by atoms with Crippen LogP contribution in [0.2, 0.25) is 0 Å². The lowest BCUT2D eigenvalue weighted by atomic mass is 10.1. The number of carbonyl (C=O) groups is 3. The summed E-state index contributed by atoms with van der Waals surface area (Å²) in [7, 11) is 1.63. The average molecular weight is 615 g/mol. The summed E-state index contributed by atoms with van der Waals surface area (Å²) in [5.74, 6) is -2.08. The summed E-state index contributed by atoms with van der Waals surface area (Å²) in [6.07, 6.45) is 8.47. The summed E-state index contributed by atoms with van der Waals surface area (Å²) in [5.41, 5.74) is 4.98. The molecule has 0 spiro atoms. The maximum absolute atomic E-state index is 13.0. The quantitative estimate of drug-likeness (QED) is 0.259. The van der Waals surface area contributed by atoms with Crippen LogP contribution >= 0.6 is 0 Å². The van der Waals surface area contributed by atoms with Gasteiger partial charge in [-0.3, -0.25) is 14.7 Å². The van der Waals surface area contributed by atoms with Gasteiger partial charge < -0.3 is 29.2 Å². The molecule has 11 heteroatoms. The minimum Gasteiger partial charge on any atom is -0.496 e. The number of carboxylic acid groups (broad SMARTS) is 2. The van der Waals surface area contributed by atoms with Gasteiger partial charge in [-0.15, -0.1) is 0 Å². The van der Waals surface area contributed by atoms with Crippen molar-refractivity contribution >= 4 is 28.7 Å². The Kier molecular flexibility index (Phi) is 10.3. The Morgan fingerprint density at radius 3 is 2.22 bits per heavy atom. The van der Waals surface area contributed by atoms with E-state index in [9.17, 15) is 4.79 Å². The van der Waals surface area contributed by atoms with Gasteiger partial charge in [-0.2, -0.15) is 0 Å². The molecule has 2 fully saturated rings. The fraction of sp³-hybridized carbons (Fsp3) is 0.353. The van der Waals surface area contributed by atoms with Crippen LogP contribution in [0.15, 0.2) is 67.0 Å². The highest BCUT2D eigenvalue weighted by atomic mass is 16.5. The van der Waals surface area contributed by atoms with Crippen LogP contribution in [0.4, 0.5) is 0 Å². The van der Waals surface area contributed by atoms with Crippen molar-refractivity contribution in [3.63, 3.8) is 0 Å². The molecule has 2 aromatic heterocycles. The third-order valence-electron chi connectivity index (χ3n) is 8.14. The second kappa shape index (κ2) is 14.7. The third kappa shape index (κ3) is 7.79. The van der Waals surface area contributed by atoms with Crippen molar-refractivity contribution in [1.29, 1.82) is 0 Å². The number of likely N-dealkylation sites (tertiary alicyclic amines) is 2. The minimum absolute atomic E-state index is 0.0509. The van der Waals surface area contributed by atoms with E-state index in [1.165, 1.54) is 25.9 Å². The summed E-state index contributed by atoms with van der Waals surface area (Å²) >= 11 is 0. The number of fused-ring (bicyclic) bond motifs is 1. The number of ether oxygens (including phenoxy) is 2. The van der Waals surface area contributed by atoms with E-state index in [-0.39, 0.29) is 5.91 Å². The smallest absolute Gasteiger partial charge is 0.414 e. The molecule has 2 N–H and O–H groups in total. The van der Waals surface area contributed by atoms with Gasteiger partial charge in [0.1, 0.15) is 18.1 Å². The Morgan fingerprint density at radius 1 is 0.867 bits per heavy atom. The normalized spacial score (nSPS) is 14.6. The van der Waals surface area contributed by atoms with Gasteiger partial charge in [0.2, 0.25) is 0 Å². The second-order valence-electron chi connectivity index (χ2n) is 11.1. The van der Waals surface area contributed by atoms with Crippen LogP contribution in [-0.4, -0.2) is 93.9 Å². The molecule has 236 valence electrons. The summed E-state index contributed by atoms with van der Waals surface area (Å²) in [5, 5.41) is 15.9. The molecular formula is C34H38N4O7. The average Bonchev–Trinajstić information content (AvgIpc) is 3.84. The number of aromatic nitrogens is 2. The number of aliphatic carboxylic acids is 2. The molecule has 1 amide bonds. The lowest BCUT2D eigenvalue weighted by Gasteiger charge is -2.18. The van der Waals surface area contributed by atoms with Crippen molar-refractivity contribution in [3.05, 3.63) is 78.1 Å². The summed E-state index contributed by atoms with van der Waals surface area (Å²) in [6.45, 7) is 6.33. The van der Waals surface area contributed by atoms with Crippen LogP contribution in [0.1, 0.15) is 41.6 Å². The highest BCUT2D eigenvalue weighted by molar-refractivity contribution is 6.27. The number of pyridine rings is 1. The predicted octanol–water partition coefficient (Wildman–Crippen LogP) is 4.63. The first-order chi connectivity index (χ1) is 21.8. The molecule has 45 heavy (non-hydrogen) atoms. The standard InChI is InChI=1S/C32H36N4O3.C2H2O4/c1-38-31-20-24(6-11-28(31)32(37)35-16-4-5-17-35)23-36-29(21-26-12-13-33-22-30(26)36)25-7-9-27(10-8-25)39-19-18-34-14-2-3-15-34;3-1(4)2(5)6/h6-13,20-22H,2-5,14-19,23H2,1H3;(H,3,4)(H,5,6). The lowest BCUT2D eigenvalue weighted by molar-refractivity contribution is -0.159. The molecule has 11 nitrogen and oxygen atoms in total. The van der Waals surface area contributed by atoms with Crippen molar-refractivity contribution in [2.75, 3.05) is 46.4 Å². The van der Waals surface area contributed by atoms with Crippen LogP contribution in [0.25, 0.3) is 22.2 Å². The van der Waals surface area contributed by atoms with Gasteiger partial charge in [-0.1, -0.05) is 6.07 Å². The molecule has 0 aliphatic carbocycles. The molecule has 4 aromatic rings. The van der Waals surface area contributed by atoms with E-state index < -0.39 is 11.9 Å². The summed E-state index contributed by atoms with van der Waals surface area (Å²) in [4.78, 5) is 40.0. The van der Waals surface area contributed by atoms with Crippen LogP contribution in [-0.2, 0) is 16.1 Å².